The van der Waals surface area contributed by atoms with Crippen LogP contribution in [0.3, 0.4) is 0 Å². The summed E-state index contributed by atoms with van der Waals surface area (Å²) in [5.74, 6) is -2.20. The fraction of sp³-hybridized carbons (Fsp3) is 1.00. The first-order chi connectivity index (χ1) is 12.8. The van der Waals surface area contributed by atoms with Gasteiger partial charge >= 0.3 is 0 Å². The number of hydrogen-bond donors (Lipinski definition) is 7. The fourth-order valence-electron chi connectivity index (χ4n) is 3.10. The van der Waals surface area contributed by atoms with Crippen molar-refractivity contribution in [3.05, 3.63) is 0 Å². The minimum atomic E-state index is -2.20. The Bertz CT molecular complexity index is 489. The molecule has 7 N–H and O–H groups in total. The summed E-state index contributed by atoms with van der Waals surface area (Å²) in [5.41, 5.74) is 0. The van der Waals surface area contributed by atoms with Crippen LogP contribution in [0.4, 0.5) is 0 Å². The molecule has 3 aliphatic rings. The summed E-state index contributed by atoms with van der Waals surface area (Å²) < 4.78 is 26.4. The SMILES string of the molecule is OC[C@H]1O[C@@](CO)(O[C@H]2O[C@H](COCC3CO3)[C@@H](O)[C@H](O)[C@H]2O)[C@@H](O)[C@@H]1O. The Morgan fingerprint density at radius 1 is 0.889 bits per heavy atom. The van der Waals surface area contributed by atoms with Gasteiger partial charge in [-0.1, -0.05) is 0 Å². The lowest BCUT2D eigenvalue weighted by molar-refractivity contribution is -0.384. The maximum Gasteiger partial charge on any atom is 0.224 e. The van der Waals surface area contributed by atoms with Crippen molar-refractivity contribution < 1.29 is 59.4 Å². The predicted molar refractivity (Wildman–Crippen MR) is 82.1 cm³/mol. The van der Waals surface area contributed by atoms with Crippen LogP contribution in [0.5, 0.6) is 0 Å². The summed E-state index contributed by atoms with van der Waals surface area (Å²) in [6.45, 7) is -0.888. The molecule has 0 aromatic heterocycles. The van der Waals surface area contributed by atoms with Gasteiger partial charge in [-0.15, -0.1) is 0 Å². The lowest BCUT2D eigenvalue weighted by Crippen LogP contribution is -2.62. The Kier molecular flexibility index (Phi) is 6.67. The molecule has 10 atom stereocenters. The van der Waals surface area contributed by atoms with Crippen LogP contribution in [0.1, 0.15) is 0 Å². The van der Waals surface area contributed by atoms with E-state index in [1.54, 1.807) is 0 Å². The standard InChI is InChI=1S/C15H26O12/c16-1-7-10(19)13(22)15(5-17,26-7)27-14-12(21)11(20)9(18)8(25-14)4-23-2-6-3-24-6/h6-14,16-22H,1-5H2/t6?,7-,8-,9-,10-,11+,12-,13+,14-,15+/m1/s1. The molecule has 3 aliphatic heterocycles. The highest BCUT2D eigenvalue weighted by atomic mass is 16.8. The van der Waals surface area contributed by atoms with Crippen molar-refractivity contribution in [1.29, 1.82) is 0 Å². The van der Waals surface area contributed by atoms with Gasteiger partial charge in [-0.2, -0.15) is 0 Å². The summed E-state index contributed by atoms with van der Waals surface area (Å²) in [6, 6.07) is 0. The Morgan fingerprint density at radius 2 is 1.59 bits per heavy atom. The van der Waals surface area contributed by atoms with Gasteiger partial charge in [0.05, 0.1) is 26.4 Å². The zero-order valence-corrected chi connectivity index (χ0v) is 14.4. The zero-order valence-electron chi connectivity index (χ0n) is 14.4. The second kappa shape index (κ2) is 8.49. The third kappa shape index (κ3) is 4.27. The third-order valence-corrected chi connectivity index (χ3v) is 4.88. The summed E-state index contributed by atoms with van der Waals surface area (Å²) in [4.78, 5) is 0. The number of ether oxygens (including phenoxy) is 5. The first-order valence-corrected chi connectivity index (χ1v) is 8.65. The van der Waals surface area contributed by atoms with Crippen molar-refractivity contribution in [3.8, 4) is 0 Å². The molecule has 27 heavy (non-hydrogen) atoms. The first kappa shape index (κ1) is 21.2. The molecule has 158 valence electrons. The number of aliphatic hydroxyl groups excluding tert-OH is 7. The average Bonchev–Trinajstić information content (AvgIpc) is 3.46. The second-order valence-corrected chi connectivity index (χ2v) is 6.87. The van der Waals surface area contributed by atoms with Crippen molar-refractivity contribution >= 4 is 0 Å². The van der Waals surface area contributed by atoms with Crippen LogP contribution in [0.2, 0.25) is 0 Å². The smallest absolute Gasteiger partial charge is 0.224 e. The molecule has 0 saturated carbocycles. The summed E-state index contributed by atoms with van der Waals surface area (Å²) in [7, 11) is 0. The predicted octanol–water partition coefficient (Wildman–Crippen LogP) is -4.97. The quantitative estimate of drug-likeness (QED) is 0.193. The van der Waals surface area contributed by atoms with Crippen molar-refractivity contribution in [2.75, 3.05) is 33.0 Å². The van der Waals surface area contributed by atoms with E-state index in [4.69, 9.17) is 23.7 Å². The third-order valence-electron chi connectivity index (χ3n) is 4.88. The topological polar surface area (TPSA) is 191 Å². The van der Waals surface area contributed by atoms with E-state index < -0.39 is 68.0 Å². The number of hydrogen-bond acceptors (Lipinski definition) is 12. The van der Waals surface area contributed by atoms with E-state index in [-0.39, 0.29) is 19.3 Å². The molecule has 0 spiro atoms. The van der Waals surface area contributed by atoms with Crippen LogP contribution in [-0.4, -0.2) is 130 Å². The molecule has 3 rings (SSSR count). The lowest BCUT2D eigenvalue weighted by Gasteiger charge is -2.43. The highest BCUT2D eigenvalue weighted by Crippen LogP contribution is 2.36. The second-order valence-electron chi connectivity index (χ2n) is 6.87. The van der Waals surface area contributed by atoms with Crippen LogP contribution < -0.4 is 0 Å². The largest absolute Gasteiger partial charge is 0.394 e. The maximum atomic E-state index is 10.2. The minimum absolute atomic E-state index is 0.0232. The minimum Gasteiger partial charge on any atom is -0.394 e. The lowest BCUT2D eigenvalue weighted by atomic mass is 9.99. The molecule has 3 heterocycles. The van der Waals surface area contributed by atoms with Gasteiger partial charge in [0.15, 0.2) is 6.29 Å². The molecule has 0 radical (unpaired) electrons. The molecule has 0 amide bonds. The van der Waals surface area contributed by atoms with Crippen molar-refractivity contribution in [2.45, 2.75) is 60.9 Å². The van der Waals surface area contributed by atoms with E-state index in [9.17, 15) is 35.7 Å². The Morgan fingerprint density at radius 3 is 2.15 bits per heavy atom. The fourth-order valence-corrected chi connectivity index (χ4v) is 3.10. The Labute approximate surface area is 154 Å². The summed E-state index contributed by atoms with van der Waals surface area (Å²) in [5, 5.41) is 69.1. The average molecular weight is 398 g/mol. The first-order valence-electron chi connectivity index (χ1n) is 8.65. The molecule has 12 heteroatoms. The van der Waals surface area contributed by atoms with Crippen LogP contribution in [-0.2, 0) is 23.7 Å². The van der Waals surface area contributed by atoms with Gasteiger partial charge in [0.2, 0.25) is 5.79 Å². The van der Waals surface area contributed by atoms with E-state index in [0.717, 1.165) is 0 Å². The van der Waals surface area contributed by atoms with Crippen LogP contribution in [0.25, 0.3) is 0 Å². The molecule has 3 saturated heterocycles. The molecular formula is C15H26O12. The van der Waals surface area contributed by atoms with E-state index in [0.29, 0.717) is 6.61 Å². The van der Waals surface area contributed by atoms with Gasteiger partial charge < -0.3 is 59.4 Å². The molecule has 0 aromatic carbocycles. The van der Waals surface area contributed by atoms with Gasteiger partial charge in [0.25, 0.3) is 0 Å². The number of rotatable bonds is 8. The van der Waals surface area contributed by atoms with Crippen molar-refractivity contribution in [2.24, 2.45) is 0 Å². The molecule has 0 aromatic rings. The molecular weight excluding hydrogens is 372 g/mol. The molecule has 12 nitrogen and oxygen atoms in total. The molecule has 0 aliphatic carbocycles. The van der Waals surface area contributed by atoms with Crippen LogP contribution in [0, 0.1) is 0 Å². The monoisotopic (exact) mass is 398 g/mol. The molecule has 3 fully saturated rings. The summed E-state index contributed by atoms with van der Waals surface area (Å²) in [6.07, 6.45) is -12.2. The van der Waals surface area contributed by atoms with Gasteiger partial charge in [0, 0.05) is 0 Å². The van der Waals surface area contributed by atoms with E-state index in [1.807, 2.05) is 0 Å². The number of aliphatic hydroxyl groups is 7. The van der Waals surface area contributed by atoms with Gasteiger partial charge in [-0.25, -0.2) is 0 Å². The van der Waals surface area contributed by atoms with Gasteiger partial charge in [-0.05, 0) is 0 Å². The van der Waals surface area contributed by atoms with Gasteiger partial charge in [-0.3, -0.25) is 0 Å². The number of epoxide rings is 1. The van der Waals surface area contributed by atoms with Crippen LogP contribution >= 0.6 is 0 Å². The van der Waals surface area contributed by atoms with E-state index in [1.165, 1.54) is 0 Å². The van der Waals surface area contributed by atoms with Crippen LogP contribution in [0.15, 0.2) is 0 Å². The maximum absolute atomic E-state index is 10.2. The Hall–Kier alpha value is -0.480. The van der Waals surface area contributed by atoms with E-state index in [2.05, 4.69) is 0 Å². The van der Waals surface area contributed by atoms with Gasteiger partial charge in [0.1, 0.15) is 55.4 Å². The van der Waals surface area contributed by atoms with Crippen molar-refractivity contribution in [3.63, 3.8) is 0 Å². The zero-order chi connectivity index (χ0) is 19.8. The normalized spacial score (nSPS) is 50.1. The highest BCUT2D eigenvalue weighted by molar-refractivity contribution is 4.98. The van der Waals surface area contributed by atoms with E-state index >= 15 is 0 Å². The molecule has 0 bridgehead atoms. The Balaban J connectivity index is 1.67. The molecule has 1 unspecified atom stereocenters. The summed E-state index contributed by atoms with van der Waals surface area (Å²) >= 11 is 0. The van der Waals surface area contributed by atoms with Crippen molar-refractivity contribution in [1.82, 2.24) is 0 Å². The highest BCUT2D eigenvalue weighted by Gasteiger charge is 2.58.